The molecule has 1 aromatic carbocycles. The van der Waals surface area contributed by atoms with Crippen LogP contribution in [0.25, 0.3) is 0 Å². The second-order valence-electron chi connectivity index (χ2n) is 4.26. The highest BCUT2D eigenvalue weighted by Gasteiger charge is 2.08. The minimum Gasteiger partial charge on any atom is -0.396 e. The Hall–Kier alpha value is -1.43. The average molecular weight is 342 g/mol. The van der Waals surface area contributed by atoms with Crippen LogP contribution in [-0.2, 0) is 10.5 Å². The summed E-state index contributed by atoms with van der Waals surface area (Å²) in [4.78, 5) is 15.9. The van der Waals surface area contributed by atoms with E-state index in [2.05, 4.69) is 10.3 Å². The molecule has 21 heavy (non-hydrogen) atoms. The van der Waals surface area contributed by atoms with Gasteiger partial charge in [0, 0.05) is 23.8 Å². The van der Waals surface area contributed by atoms with Crippen molar-refractivity contribution in [2.75, 3.05) is 16.8 Å². The van der Waals surface area contributed by atoms with Crippen LogP contribution in [0.4, 0.5) is 11.4 Å². The molecule has 0 aliphatic rings. The number of halogens is 2. The van der Waals surface area contributed by atoms with E-state index in [9.17, 15) is 4.79 Å². The quantitative estimate of drug-likeness (QED) is 0.810. The van der Waals surface area contributed by atoms with Crippen LogP contribution in [0.3, 0.4) is 0 Å². The molecule has 7 heteroatoms. The average Bonchev–Trinajstić information content (AvgIpc) is 2.46. The Morgan fingerprint density at radius 2 is 2.05 bits per heavy atom. The minimum absolute atomic E-state index is 0.124. The lowest BCUT2D eigenvalue weighted by molar-refractivity contribution is -0.113. The largest absolute Gasteiger partial charge is 0.396 e. The van der Waals surface area contributed by atoms with E-state index in [0.29, 0.717) is 27.2 Å². The third kappa shape index (κ3) is 4.81. The zero-order valence-corrected chi connectivity index (χ0v) is 13.3. The molecule has 0 unspecified atom stereocenters. The van der Waals surface area contributed by atoms with Crippen molar-refractivity contribution in [1.29, 1.82) is 0 Å². The molecular formula is C14H13Cl2N3OS. The van der Waals surface area contributed by atoms with E-state index in [1.165, 1.54) is 11.8 Å². The summed E-state index contributed by atoms with van der Waals surface area (Å²) in [5.41, 5.74) is 7.56. The topological polar surface area (TPSA) is 68.0 Å². The van der Waals surface area contributed by atoms with Crippen molar-refractivity contribution in [2.45, 2.75) is 5.75 Å². The highest BCUT2D eigenvalue weighted by Crippen LogP contribution is 2.31. The first-order chi connectivity index (χ1) is 10.1. The molecule has 110 valence electrons. The Kier molecular flexibility index (Phi) is 5.73. The van der Waals surface area contributed by atoms with Gasteiger partial charge in [0.05, 0.1) is 21.5 Å². The first-order valence-corrected chi connectivity index (χ1v) is 7.98. The first-order valence-electron chi connectivity index (χ1n) is 6.07. The Bertz CT molecular complexity index is 614. The Balaban J connectivity index is 1.85. The van der Waals surface area contributed by atoms with E-state index in [-0.39, 0.29) is 5.91 Å². The number of aromatic nitrogens is 1. The van der Waals surface area contributed by atoms with Gasteiger partial charge < -0.3 is 11.1 Å². The molecule has 4 nitrogen and oxygen atoms in total. The highest BCUT2D eigenvalue weighted by atomic mass is 35.5. The molecule has 0 spiro atoms. The van der Waals surface area contributed by atoms with Gasteiger partial charge in [-0.1, -0.05) is 29.3 Å². The molecule has 0 aliphatic carbocycles. The number of carbonyl (C=O) groups is 1. The van der Waals surface area contributed by atoms with Gasteiger partial charge in [0.2, 0.25) is 5.91 Å². The summed E-state index contributed by atoms with van der Waals surface area (Å²) in [6, 6.07) is 6.99. The van der Waals surface area contributed by atoms with Gasteiger partial charge in [-0.05, 0) is 23.8 Å². The van der Waals surface area contributed by atoms with Crippen molar-refractivity contribution in [3.8, 4) is 0 Å². The summed E-state index contributed by atoms with van der Waals surface area (Å²) < 4.78 is 0. The van der Waals surface area contributed by atoms with Crippen LogP contribution in [0.2, 0.25) is 10.0 Å². The number of amides is 1. The standard InChI is InChI=1S/C14H13Cl2N3OS/c15-11-4-10(5-12(16)14(11)17)19-13(20)8-21-7-9-2-1-3-18-6-9/h1-6H,7-8,17H2,(H,19,20). The summed E-state index contributed by atoms with van der Waals surface area (Å²) >= 11 is 13.3. The van der Waals surface area contributed by atoms with Crippen LogP contribution >= 0.6 is 35.0 Å². The van der Waals surface area contributed by atoms with Gasteiger partial charge >= 0.3 is 0 Å². The summed E-state index contributed by atoms with van der Waals surface area (Å²) in [7, 11) is 0. The lowest BCUT2D eigenvalue weighted by atomic mass is 10.3. The van der Waals surface area contributed by atoms with Crippen molar-refractivity contribution < 1.29 is 4.79 Å². The summed E-state index contributed by atoms with van der Waals surface area (Å²) in [5, 5.41) is 3.38. The number of nitrogens with one attached hydrogen (secondary N) is 1. The Morgan fingerprint density at radius 1 is 1.33 bits per heavy atom. The summed E-state index contributed by atoms with van der Waals surface area (Å²) in [5.74, 6) is 0.930. The van der Waals surface area contributed by atoms with Gasteiger partial charge in [0.15, 0.2) is 0 Å². The van der Waals surface area contributed by atoms with E-state index in [1.54, 1.807) is 24.5 Å². The molecule has 1 aromatic heterocycles. The molecule has 0 aliphatic heterocycles. The SMILES string of the molecule is Nc1c(Cl)cc(NC(=O)CSCc2cccnc2)cc1Cl. The fourth-order valence-corrected chi connectivity index (χ4v) is 2.85. The summed E-state index contributed by atoms with van der Waals surface area (Å²) in [6.07, 6.45) is 3.50. The molecular weight excluding hydrogens is 329 g/mol. The number of rotatable bonds is 5. The first kappa shape index (κ1) is 15.9. The van der Waals surface area contributed by atoms with Crippen molar-refractivity contribution in [3.05, 3.63) is 52.3 Å². The monoisotopic (exact) mass is 341 g/mol. The molecule has 0 bridgehead atoms. The molecule has 0 fully saturated rings. The van der Waals surface area contributed by atoms with Crippen LogP contribution in [0, 0.1) is 0 Å². The van der Waals surface area contributed by atoms with Gasteiger partial charge in [0.1, 0.15) is 0 Å². The maximum atomic E-state index is 11.8. The number of thioether (sulfide) groups is 1. The molecule has 1 heterocycles. The second kappa shape index (κ2) is 7.54. The number of carbonyl (C=O) groups excluding carboxylic acids is 1. The smallest absolute Gasteiger partial charge is 0.234 e. The maximum absolute atomic E-state index is 11.8. The normalized spacial score (nSPS) is 10.4. The number of nitrogen functional groups attached to an aromatic ring is 1. The molecule has 0 radical (unpaired) electrons. The Morgan fingerprint density at radius 3 is 2.67 bits per heavy atom. The number of hydrogen-bond acceptors (Lipinski definition) is 4. The predicted molar refractivity (Wildman–Crippen MR) is 89.9 cm³/mol. The molecule has 0 saturated heterocycles. The molecule has 3 N–H and O–H groups in total. The van der Waals surface area contributed by atoms with Crippen molar-refractivity contribution in [3.63, 3.8) is 0 Å². The van der Waals surface area contributed by atoms with E-state index in [1.807, 2.05) is 12.1 Å². The van der Waals surface area contributed by atoms with Crippen LogP contribution in [0.15, 0.2) is 36.7 Å². The number of hydrogen-bond donors (Lipinski definition) is 2. The van der Waals surface area contributed by atoms with Gasteiger partial charge in [-0.3, -0.25) is 9.78 Å². The molecule has 0 atom stereocenters. The number of nitrogens with two attached hydrogens (primary N) is 1. The fourth-order valence-electron chi connectivity index (χ4n) is 1.60. The van der Waals surface area contributed by atoms with Crippen molar-refractivity contribution in [2.24, 2.45) is 0 Å². The van der Waals surface area contributed by atoms with Crippen LogP contribution in [-0.4, -0.2) is 16.6 Å². The zero-order chi connectivity index (χ0) is 15.2. The van der Waals surface area contributed by atoms with Gasteiger partial charge in [0.25, 0.3) is 0 Å². The third-order valence-electron chi connectivity index (χ3n) is 2.59. The van der Waals surface area contributed by atoms with Crippen LogP contribution in [0.1, 0.15) is 5.56 Å². The van der Waals surface area contributed by atoms with E-state index in [0.717, 1.165) is 11.3 Å². The van der Waals surface area contributed by atoms with Gasteiger partial charge in [-0.25, -0.2) is 0 Å². The van der Waals surface area contributed by atoms with Crippen molar-refractivity contribution in [1.82, 2.24) is 4.98 Å². The van der Waals surface area contributed by atoms with Gasteiger partial charge in [-0.2, -0.15) is 0 Å². The lowest BCUT2D eigenvalue weighted by Gasteiger charge is -2.08. The predicted octanol–water partition coefficient (Wildman–Crippen LogP) is 3.84. The fraction of sp³-hybridized carbons (Fsp3) is 0.143. The number of pyridine rings is 1. The van der Waals surface area contributed by atoms with E-state index >= 15 is 0 Å². The lowest BCUT2D eigenvalue weighted by Crippen LogP contribution is -2.14. The van der Waals surface area contributed by atoms with E-state index < -0.39 is 0 Å². The second-order valence-corrected chi connectivity index (χ2v) is 6.06. The zero-order valence-electron chi connectivity index (χ0n) is 11.0. The minimum atomic E-state index is -0.124. The van der Waals surface area contributed by atoms with Crippen molar-refractivity contribution >= 4 is 52.2 Å². The molecule has 1 amide bonds. The molecule has 2 aromatic rings. The van der Waals surface area contributed by atoms with Crippen LogP contribution < -0.4 is 11.1 Å². The van der Waals surface area contributed by atoms with Crippen LogP contribution in [0.5, 0.6) is 0 Å². The summed E-state index contributed by atoms with van der Waals surface area (Å²) in [6.45, 7) is 0. The third-order valence-corrected chi connectivity index (χ3v) is 4.22. The number of benzene rings is 1. The molecule has 0 saturated carbocycles. The van der Waals surface area contributed by atoms with E-state index in [4.69, 9.17) is 28.9 Å². The maximum Gasteiger partial charge on any atom is 0.234 e. The van der Waals surface area contributed by atoms with Gasteiger partial charge in [-0.15, -0.1) is 11.8 Å². The number of anilines is 2. The molecule has 2 rings (SSSR count). The highest BCUT2D eigenvalue weighted by molar-refractivity contribution is 7.99. The number of nitrogens with zero attached hydrogens (tertiary/aromatic N) is 1. The Labute approximate surface area is 137 Å².